The molecule has 6 nitrogen and oxygen atoms in total. The molecule has 122 valence electrons. The normalized spacial score (nSPS) is 11.1. The van der Waals surface area contributed by atoms with Crippen LogP contribution in [0.5, 0.6) is 0 Å². The van der Waals surface area contributed by atoms with Gasteiger partial charge in [-0.2, -0.15) is 0 Å². The lowest BCUT2D eigenvalue weighted by atomic mass is 10.1. The quantitative estimate of drug-likeness (QED) is 0.807. The van der Waals surface area contributed by atoms with Gasteiger partial charge in [0.05, 0.1) is 5.75 Å². The minimum absolute atomic E-state index is 0.0963. The summed E-state index contributed by atoms with van der Waals surface area (Å²) in [4.78, 5) is 23.7. The van der Waals surface area contributed by atoms with Gasteiger partial charge in [-0.25, -0.2) is 0 Å². The van der Waals surface area contributed by atoms with Crippen LogP contribution in [-0.2, 0) is 4.79 Å². The molecule has 2 rings (SSSR count). The highest BCUT2D eigenvalue weighted by Gasteiger charge is 2.15. The molecule has 23 heavy (non-hydrogen) atoms. The fourth-order valence-corrected chi connectivity index (χ4v) is 3.35. The molecule has 1 heterocycles. The molecule has 0 unspecified atom stereocenters. The van der Waals surface area contributed by atoms with E-state index in [2.05, 4.69) is 20.8 Å². The zero-order valence-corrected chi connectivity index (χ0v) is 14.8. The molecular formula is C15H18N4O2S2. The molecule has 0 radical (unpaired) electrons. The summed E-state index contributed by atoms with van der Waals surface area (Å²) in [6.45, 7) is 6.09. The highest BCUT2D eigenvalue weighted by molar-refractivity contribution is 8.01. The van der Waals surface area contributed by atoms with Crippen molar-refractivity contribution in [3.05, 3.63) is 35.9 Å². The third-order valence-corrected chi connectivity index (χ3v) is 4.48. The second-order valence-electron chi connectivity index (χ2n) is 5.78. The number of rotatable bonds is 5. The van der Waals surface area contributed by atoms with E-state index in [1.54, 1.807) is 24.3 Å². The maximum atomic E-state index is 11.9. The van der Waals surface area contributed by atoms with E-state index in [0.717, 1.165) is 0 Å². The van der Waals surface area contributed by atoms with Gasteiger partial charge in [-0.05, 0) is 32.9 Å². The number of anilines is 1. The lowest BCUT2D eigenvalue weighted by molar-refractivity contribution is -0.117. The minimum atomic E-state index is -0.399. The van der Waals surface area contributed by atoms with Crippen LogP contribution in [0.2, 0.25) is 0 Å². The van der Waals surface area contributed by atoms with Gasteiger partial charge in [0.15, 0.2) is 4.34 Å². The van der Waals surface area contributed by atoms with Crippen LogP contribution in [0.15, 0.2) is 34.7 Å². The van der Waals surface area contributed by atoms with Crippen molar-refractivity contribution in [1.29, 1.82) is 0 Å². The van der Waals surface area contributed by atoms with E-state index in [-0.39, 0.29) is 17.2 Å². The Bertz CT molecular complexity index is 680. The van der Waals surface area contributed by atoms with Crippen LogP contribution in [0.1, 0.15) is 31.1 Å². The molecular weight excluding hydrogens is 332 g/mol. The molecule has 1 aromatic carbocycles. The second kappa shape index (κ2) is 7.56. The van der Waals surface area contributed by atoms with Crippen molar-refractivity contribution in [2.24, 2.45) is 0 Å². The van der Waals surface area contributed by atoms with Gasteiger partial charge in [0.1, 0.15) is 0 Å². The highest BCUT2D eigenvalue weighted by Crippen LogP contribution is 2.26. The summed E-state index contributed by atoms with van der Waals surface area (Å²) in [7, 11) is 0. The monoisotopic (exact) mass is 350 g/mol. The van der Waals surface area contributed by atoms with Crippen LogP contribution >= 0.6 is 23.1 Å². The Morgan fingerprint density at radius 3 is 2.52 bits per heavy atom. The van der Waals surface area contributed by atoms with Crippen molar-refractivity contribution in [3.63, 3.8) is 0 Å². The smallest absolute Gasteiger partial charge is 0.257 e. The van der Waals surface area contributed by atoms with E-state index in [1.807, 2.05) is 26.8 Å². The molecule has 0 atom stereocenters. The molecule has 0 bridgehead atoms. The van der Waals surface area contributed by atoms with E-state index in [1.165, 1.54) is 23.1 Å². The van der Waals surface area contributed by atoms with Gasteiger partial charge >= 0.3 is 0 Å². The minimum Gasteiger partial charge on any atom is -0.355 e. The van der Waals surface area contributed by atoms with Crippen LogP contribution < -0.4 is 10.6 Å². The predicted octanol–water partition coefficient (Wildman–Crippen LogP) is 2.80. The van der Waals surface area contributed by atoms with Crippen LogP contribution in [0.3, 0.4) is 0 Å². The Hall–Kier alpha value is -1.93. The van der Waals surface area contributed by atoms with E-state index in [0.29, 0.717) is 15.0 Å². The van der Waals surface area contributed by atoms with Crippen LogP contribution in [0, 0.1) is 0 Å². The molecule has 0 saturated carbocycles. The topological polar surface area (TPSA) is 84.0 Å². The summed E-state index contributed by atoms with van der Waals surface area (Å²) >= 11 is 2.63. The first-order chi connectivity index (χ1) is 10.8. The zero-order chi connectivity index (χ0) is 16.9. The summed E-state index contributed by atoms with van der Waals surface area (Å²) in [5, 5.41) is 14.3. The Kier molecular flexibility index (Phi) is 5.73. The number of aromatic nitrogens is 2. The number of hydrogen-bond donors (Lipinski definition) is 2. The number of hydrogen-bond acceptors (Lipinski definition) is 7. The lowest BCUT2D eigenvalue weighted by Gasteiger charge is -2.18. The Morgan fingerprint density at radius 1 is 1.17 bits per heavy atom. The standard InChI is InChI=1S/C15H18N4O2S2/c1-15(2,3)17-13-18-19-14(23-13)22-9-11(20)16-12(21)10-7-5-4-6-8-10/h4-8H,9H2,1-3H3,(H,17,18)(H,16,20,21). The number of nitrogens with zero attached hydrogens (tertiary/aromatic N) is 2. The molecule has 1 aromatic heterocycles. The van der Waals surface area contributed by atoms with Crippen molar-refractivity contribution in [2.45, 2.75) is 30.6 Å². The molecule has 8 heteroatoms. The maximum absolute atomic E-state index is 11.9. The van der Waals surface area contributed by atoms with Gasteiger partial charge in [0.25, 0.3) is 5.91 Å². The fraction of sp³-hybridized carbons (Fsp3) is 0.333. The van der Waals surface area contributed by atoms with Crippen molar-refractivity contribution in [3.8, 4) is 0 Å². The zero-order valence-electron chi connectivity index (χ0n) is 13.1. The number of carbonyl (C=O) groups is 2. The number of imide groups is 1. The number of amides is 2. The van der Waals surface area contributed by atoms with Crippen LogP contribution in [0.4, 0.5) is 5.13 Å². The van der Waals surface area contributed by atoms with E-state index in [9.17, 15) is 9.59 Å². The Labute approximate surface area is 143 Å². The summed E-state index contributed by atoms with van der Waals surface area (Å²) in [5.74, 6) is -0.643. The van der Waals surface area contributed by atoms with E-state index in [4.69, 9.17) is 0 Å². The van der Waals surface area contributed by atoms with Gasteiger partial charge < -0.3 is 5.32 Å². The summed E-state index contributed by atoms with van der Waals surface area (Å²) in [6, 6.07) is 8.63. The van der Waals surface area contributed by atoms with E-state index < -0.39 is 5.91 Å². The first-order valence-corrected chi connectivity index (χ1v) is 8.77. The van der Waals surface area contributed by atoms with Gasteiger partial charge in [-0.3, -0.25) is 14.9 Å². The summed E-state index contributed by atoms with van der Waals surface area (Å²) < 4.78 is 0.680. The fourth-order valence-electron chi connectivity index (χ4n) is 1.59. The molecule has 2 aromatic rings. The Morgan fingerprint density at radius 2 is 1.87 bits per heavy atom. The van der Waals surface area contributed by atoms with Gasteiger partial charge in [-0.1, -0.05) is 41.3 Å². The lowest BCUT2D eigenvalue weighted by Crippen LogP contribution is -2.31. The van der Waals surface area contributed by atoms with Crippen LogP contribution in [-0.4, -0.2) is 33.3 Å². The first kappa shape index (κ1) is 17.4. The molecule has 2 amide bonds. The number of thioether (sulfide) groups is 1. The molecule has 0 spiro atoms. The third kappa shape index (κ3) is 5.99. The summed E-state index contributed by atoms with van der Waals surface area (Å²) in [6.07, 6.45) is 0. The maximum Gasteiger partial charge on any atom is 0.257 e. The van der Waals surface area contributed by atoms with Gasteiger partial charge in [0, 0.05) is 11.1 Å². The number of benzene rings is 1. The van der Waals surface area contributed by atoms with Crippen molar-refractivity contribution in [1.82, 2.24) is 15.5 Å². The van der Waals surface area contributed by atoms with Gasteiger partial charge in [-0.15, -0.1) is 10.2 Å². The first-order valence-electron chi connectivity index (χ1n) is 6.97. The SMILES string of the molecule is CC(C)(C)Nc1nnc(SCC(=O)NC(=O)c2ccccc2)s1. The largest absolute Gasteiger partial charge is 0.355 e. The van der Waals surface area contributed by atoms with Crippen molar-refractivity contribution in [2.75, 3.05) is 11.1 Å². The molecule has 0 fully saturated rings. The van der Waals surface area contributed by atoms with Crippen LogP contribution in [0.25, 0.3) is 0 Å². The average molecular weight is 350 g/mol. The van der Waals surface area contributed by atoms with Gasteiger partial charge in [0.2, 0.25) is 11.0 Å². The number of carbonyl (C=O) groups excluding carboxylic acids is 2. The highest BCUT2D eigenvalue weighted by atomic mass is 32.2. The van der Waals surface area contributed by atoms with E-state index >= 15 is 0 Å². The average Bonchev–Trinajstić information content (AvgIpc) is 2.91. The molecule has 0 aliphatic rings. The molecule has 0 saturated heterocycles. The molecule has 0 aliphatic heterocycles. The second-order valence-corrected chi connectivity index (χ2v) is 7.98. The van der Waals surface area contributed by atoms with Crippen molar-refractivity contribution < 1.29 is 9.59 Å². The predicted molar refractivity (Wildman–Crippen MR) is 92.9 cm³/mol. The number of nitrogens with one attached hydrogen (secondary N) is 2. The molecule has 0 aliphatic carbocycles. The summed E-state index contributed by atoms with van der Waals surface area (Å²) in [5.41, 5.74) is 0.361. The Balaban J connectivity index is 1.82. The van der Waals surface area contributed by atoms with Crippen molar-refractivity contribution >= 4 is 40.0 Å². The molecule has 2 N–H and O–H groups in total. The third-order valence-electron chi connectivity index (χ3n) is 2.50.